The predicted octanol–water partition coefficient (Wildman–Crippen LogP) is 3.93. The normalized spacial score (nSPS) is 15.4. The maximum Gasteiger partial charge on any atom is 0.270 e. The average molecular weight is 432 g/mol. The van der Waals surface area contributed by atoms with Crippen LogP contribution in [0.5, 0.6) is 5.75 Å². The summed E-state index contributed by atoms with van der Waals surface area (Å²) in [6.45, 7) is 3.89. The van der Waals surface area contributed by atoms with Gasteiger partial charge in [0.05, 0.1) is 12.8 Å². The maximum atomic E-state index is 13.2. The number of methoxy groups -OCH3 is 1. The fraction of sp³-hybridized carbons (Fsp3) is 0.125. The molecule has 2 heterocycles. The molecule has 7 heteroatoms. The molecule has 2 amide bonds. The van der Waals surface area contributed by atoms with Crippen molar-refractivity contribution >= 4 is 40.9 Å². The molecule has 3 aromatic rings. The maximum absolute atomic E-state index is 13.2. The molecule has 31 heavy (non-hydrogen) atoms. The Bertz CT molecular complexity index is 1230. The van der Waals surface area contributed by atoms with Crippen LogP contribution in [0.15, 0.2) is 66.5 Å². The van der Waals surface area contributed by atoms with Crippen molar-refractivity contribution < 1.29 is 14.3 Å². The number of thiocarbonyl (C=S) groups is 1. The average Bonchev–Trinajstić information content (AvgIpc) is 3.21. The number of anilines is 1. The lowest BCUT2D eigenvalue weighted by molar-refractivity contribution is -0.122. The number of hydrogen-bond donors (Lipinski definition) is 1. The lowest BCUT2D eigenvalue weighted by Gasteiger charge is -2.30. The molecule has 2 aromatic carbocycles. The Balaban J connectivity index is 1.66. The minimum absolute atomic E-state index is 0.0288. The highest BCUT2D eigenvalue weighted by Gasteiger charge is 2.35. The van der Waals surface area contributed by atoms with E-state index in [-0.39, 0.29) is 10.7 Å². The number of aryl methyl sites for hydroxylation is 2. The number of nitrogens with zero attached hydrogens (tertiary/aromatic N) is 2. The molecule has 0 saturated carbocycles. The number of carbonyl (C=O) groups is 2. The van der Waals surface area contributed by atoms with E-state index in [2.05, 4.69) is 5.32 Å². The smallest absolute Gasteiger partial charge is 0.270 e. The monoisotopic (exact) mass is 431 g/mol. The highest BCUT2D eigenvalue weighted by atomic mass is 32.1. The second-order valence-corrected chi connectivity index (χ2v) is 7.68. The SMILES string of the molecule is COc1ccc(-n2ccc(/C=C3/C(=O)NC(=S)N(c4ccc(C)cc4C)C3=O)c2)cc1. The Morgan fingerprint density at radius 3 is 2.45 bits per heavy atom. The van der Waals surface area contributed by atoms with Crippen LogP contribution in [0.25, 0.3) is 11.8 Å². The Morgan fingerprint density at radius 2 is 1.77 bits per heavy atom. The molecule has 0 aliphatic carbocycles. The Morgan fingerprint density at radius 1 is 1.03 bits per heavy atom. The van der Waals surface area contributed by atoms with Gasteiger partial charge in [0.2, 0.25) is 0 Å². The molecular formula is C24H21N3O3S. The van der Waals surface area contributed by atoms with Crippen LogP contribution in [-0.2, 0) is 9.59 Å². The van der Waals surface area contributed by atoms with Gasteiger partial charge in [0.15, 0.2) is 5.11 Å². The van der Waals surface area contributed by atoms with E-state index in [4.69, 9.17) is 17.0 Å². The van der Waals surface area contributed by atoms with Crippen LogP contribution >= 0.6 is 12.2 Å². The van der Waals surface area contributed by atoms with Crippen molar-refractivity contribution in [3.8, 4) is 11.4 Å². The van der Waals surface area contributed by atoms with E-state index in [1.54, 1.807) is 13.2 Å². The van der Waals surface area contributed by atoms with Crippen molar-refractivity contribution in [3.63, 3.8) is 0 Å². The summed E-state index contributed by atoms with van der Waals surface area (Å²) in [7, 11) is 1.62. The first kappa shape index (κ1) is 20.6. The fourth-order valence-corrected chi connectivity index (χ4v) is 3.79. The van der Waals surface area contributed by atoms with Gasteiger partial charge >= 0.3 is 0 Å². The molecule has 6 nitrogen and oxygen atoms in total. The second-order valence-electron chi connectivity index (χ2n) is 7.30. The van der Waals surface area contributed by atoms with Crippen LogP contribution in [0.3, 0.4) is 0 Å². The van der Waals surface area contributed by atoms with E-state index in [0.29, 0.717) is 5.69 Å². The molecule has 1 aromatic heterocycles. The summed E-state index contributed by atoms with van der Waals surface area (Å²) in [5, 5.41) is 2.71. The quantitative estimate of drug-likeness (QED) is 0.386. The molecule has 1 fully saturated rings. The van der Waals surface area contributed by atoms with E-state index in [9.17, 15) is 9.59 Å². The van der Waals surface area contributed by atoms with Gasteiger partial charge in [0.25, 0.3) is 11.8 Å². The Kier molecular flexibility index (Phi) is 5.44. The highest BCUT2D eigenvalue weighted by molar-refractivity contribution is 7.80. The summed E-state index contributed by atoms with van der Waals surface area (Å²) >= 11 is 5.29. The second kappa shape index (κ2) is 8.20. The van der Waals surface area contributed by atoms with Gasteiger partial charge < -0.3 is 9.30 Å². The first-order valence-electron chi connectivity index (χ1n) is 9.68. The third kappa shape index (κ3) is 4.00. The van der Waals surface area contributed by atoms with E-state index in [0.717, 1.165) is 28.1 Å². The molecule has 0 atom stereocenters. The number of rotatable bonds is 4. The molecule has 1 aliphatic rings. The van der Waals surface area contributed by atoms with Gasteiger partial charge in [-0.05, 0) is 79.7 Å². The van der Waals surface area contributed by atoms with Crippen molar-refractivity contribution in [1.82, 2.24) is 9.88 Å². The minimum Gasteiger partial charge on any atom is -0.497 e. The van der Waals surface area contributed by atoms with Crippen molar-refractivity contribution in [2.24, 2.45) is 0 Å². The number of hydrogen-bond acceptors (Lipinski definition) is 4. The molecule has 156 valence electrons. The summed E-state index contributed by atoms with van der Waals surface area (Å²) in [6, 6.07) is 15.1. The molecule has 1 saturated heterocycles. The van der Waals surface area contributed by atoms with Crippen LogP contribution in [0.1, 0.15) is 16.7 Å². The summed E-state index contributed by atoms with van der Waals surface area (Å²) in [5.74, 6) is -0.184. The lowest BCUT2D eigenvalue weighted by Crippen LogP contribution is -2.54. The van der Waals surface area contributed by atoms with Gasteiger partial charge in [0, 0.05) is 18.1 Å². The van der Waals surface area contributed by atoms with Crippen LogP contribution in [-0.4, -0.2) is 28.6 Å². The number of benzene rings is 2. The highest BCUT2D eigenvalue weighted by Crippen LogP contribution is 2.26. The molecule has 0 radical (unpaired) electrons. The van der Waals surface area contributed by atoms with Crippen molar-refractivity contribution in [3.05, 3.63) is 83.2 Å². The van der Waals surface area contributed by atoms with Gasteiger partial charge in [-0.2, -0.15) is 0 Å². The zero-order valence-electron chi connectivity index (χ0n) is 17.4. The molecule has 4 rings (SSSR count). The largest absolute Gasteiger partial charge is 0.497 e. The molecule has 0 spiro atoms. The number of ether oxygens (including phenoxy) is 1. The molecule has 1 N–H and O–H groups in total. The zero-order valence-corrected chi connectivity index (χ0v) is 18.2. The summed E-state index contributed by atoms with van der Waals surface area (Å²) < 4.78 is 7.09. The Labute approximate surface area is 185 Å². The summed E-state index contributed by atoms with van der Waals surface area (Å²) in [6.07, 6.45) is 5.30. The standard InChI is InChI=1S/C24H21N3O3S/c1-15-4-9-21(16(2)12-15)27-23(29)20(22(28)25-24(27)31)13-17-10-11-26(14-17)18-5-7-19(30-3)8-6-18/h4-14H,1-3H3,(H,25,28,31)/b20-13-. The van der Waals surface area contributed by atoms with Crippen molar-refractivity contribution in [2.75, 3.05) is 12.0 Å². The van der Waals surface area contributed by atoms with Gasteiger partial charge in [-0.15, -0.1) is 0 Å². The molecule has 0 unspecified atom stereocenters. The van der Waals surface area contributed by atoms with E-state index >= 15 is 0 Å². The number of amides is 2. The van der Waals surface area contributed by atoms with Crippen molar-refractivity contribution in [1.29, 1.82) is 0 Å². The molecular weight excluding hydrogens is 410 g/mol. The summed E-state index contributed by atoms with van der Waals surface area (Å²) in [5.41, 5.74) is 4.32. The van der Waals surface area contributed by atoms with Crippen LogP contribution < -0.4 is 15.0 Å². The minimum atomic E-state index is -0.506. The fourth-order valence-electron chi connectivity index (χ4n) is 3.51. The first-order valence-corrected chi connectivity index (χ1v) is 10.1. The van der Waals surface area contributed by atoms with Gasteiger partial charge in [0.1, 0.15) is 11.3 Å². The van der Waals surface area contributed by atoms with Crippen LogP contribution in [0.4, 0.5) is 5.69 Å². The molecule has 1 aliphatic heterocycles. The number of carbonyl (C=O) groups excluding carboxylic acids is 2. The van der Waals surface area contributed by atoms with Crippen LogP contribution in [0, 0.1) is 13.8 Å². The van der Waals surface area contributed by atoms with E-state index < -0.39 is 11.8 Å². The third-order valence-corrected chi connectivity index (χ3v) is 5.38. The van der Waals surface area contributed by atoms with E-state index in [1.165, 1.54) is 4.90 Å². The van der Waals surface area contributed by atoms with Crippen LogP contribution in [0.2, 0.25) is 0 Å². The first-order chi connectivity index (χ1) is 14.9. The van der Waals surface area contributed by atoms with E-state index in [1.807, 2.05) is 79.3 Å². The zero-order chi connectivity index (χ0) is 22.1. The topological polar surface area (TPSA) is 63.6 Å². The van der Waals surface area contributed by atoms with Gasteiger partial charge in [-0.3, -0.25) is 19.8 Å². The van der Waals surface area contributed by atoms with Gasteiger partial charge in [-0.1, -0.05) is 17.7 Å². The Hall–Kier alpha value is -3.71. The summed E-state index contributed by atoms with van der Waals surface area (Å²) in [4.78, 5) is 27.1. The third-order valence-electron chi connectivity index (χ3n) is 5.09. The number of nitrogens with one attached hydrogen (secondary N) is 1. The molecule has 0 bridgehead atoms. The van der Waals surface area contributed by atoms with Gasteiger partial charge in [-0.25, -0.2) is 0 Å². The predicted molar refractivity (Wildman–Crippen MR) is 124 cm³/mol. The lowest BCUT2D eigenvalue weighted by atomic mass is 10.1. The number of aromatic nitrogens is 1. The van der Waals surface area contributed by atoms with Crippen molar-refractivity contribution in [2.45, 2.75) is 13.8 Å².